The third-order valence-electron chi connectivity index (χ3n) is 10.2. The molecular formula is C38H47FN6O4Si. The van der Waals surface area contributed by atoms with E-state index in [9.17, 15) is 14.7 Å². The number of aliphatic hydroxyl groups is 1. The molecule has 12 heteroatoms. The molecule has 4 atom stereocenters. The minimum atomic E-state index is -3.40. The summed E-state index contributed by atoms with van der Waals surface area (Å²) < 4.78 is 26.4. The van der Waals surface area contributed by atoms with Crippen molar-refractivity contribution in [3.05, 3.63) is 99.8 Å². The third kappa shape index (κ3) is 6.63. The second-order valence-electron chi connectivity index (χ2n) is 14.4. The molecule has 2 aliphatic heterocycles. The van der Waals surface area contributed by atoms with E-state index in [0.29, 0.717) is 53.9 Å². The summed E-state index contributed by atoms with van der Waals surface area (Å²) >= 11 is 0. The second-order valence-corrected chi connectivity index (χ2v) is 18.2. The Balaban J connectivity index is 1.42. The largest absolute Gasteiger partial charge is 0.396 e. The second kappa shape index (κ2) is 14.2. The van der Waals surface area contributed by atoms with Gasteiger partial charge in [-0.1, -0.05) is 53.6 Å². The van der Waals surface area contributed by atoms with Gasteiger partial charge < -0.3 is 18.9 Å². The van der Waals surface area contributed by atoms with E-state index in [2.05, 4.69) is 48.3 Å². The number of rotatable bonds is 12. The Morgan fingerprint density at radius 2 is 1.90 bits per heavy atom. The quantitative estimate of drug-likeness (QED) is 0.103. The van der Waals surface area contributed by atoms with Crippen molar-refractivity contribution >= 4 is 30.8 Å². The molecule has 1 amide bonds. The maximum atomic E-state index is 16.4. The normalized spacial score (nSPS) is 22.2. The first-order chi connectivity index (χ1) is 23.8. The maximum Gasteiger partial charge on any atom is 0.279 e. The summed E-state index contributed by atoms with van der Waals surface area (Å²) in [5.41, 5.74) is 2.72. The molecule has 4 aromatic rings. The fraction of sp³-hybridized carbons (Fsp3) is 0.447. The number of hydrogen-bond acceptors (Lipinski definition) is 7. The lowest BCUT2D eigenvalue weighted by atomic mass is 9.82. The lowest BCUT2D eigenvalue weighted by Gasteiger charge is -2.31. The molecule has 0 unspecified atom stereocenters. The third-order valence-corrected chi connectivity index (χ3v) is 12.7. The zero-order valence-corrected chi connectivity index (χ0v) is 30.8. The zero-order valence-electron chi connectivity index (χ0n) is 29.8. The Kier molecular flexibility index (Phi) is 10.1. The first-order valence-electron chi connectivity index (χ1n) is 17.4. The summed E-state index contributed by atoms with van der Waals surface area (Å²) in [7, 11) is -3.40. The predicted molar refractivity (Wildman–Crippen MR) is 196 cm³/mol. The standard InChI is InChI=1S/C38H47FN6O4Si/c1-25(2)10-9-11-26(3)16-20-44-33-15-14-30(45-36(47)31-13-8-7-12-28(31)23-40-45)22-32(33)38(37(44)48)27(4)35(50(5,6)39)34(49-38)17-19-43-24-29(18-21-46)41-42-43/h7-8,10,12-16,22-24,27,34-35,46H,9,11,17-21H2,1-6H3/b26-16+/t27-,34+,35-,38+/m1/s1. The average Bonchev–Trinajstić information content (AvgIpc) is 3.72. The lowest BCUT2D eigenvalue weighted by molar-refractivity contribution is -0.145. The molecule has 0 radical (unpaired) electrons. The van der Waals surface area contributed by atoms with Crippen LogP contribution in [0.3, 0.4) is 0 Å². The van der Waals surface area contributed by atoms with Crippen LogP contribution >= 0.6 is 0 Å². The van der Waals surface area contributed by atoms with Gasteiger partial charge in [0, 0.05) is 54.7 Å². The number of aromatic nitrogens is 5. The van der Waals surface area contributed by atoms with Crippen LogP contribution in [0.5, 0.6) is 0 Å². The van der Waals surface area contributed by atoms with E-state index in [4.69, 9.17) is 4.74 Å². The highest BCUT2D eigenvalue weighted by atomic mass is 28.4. The van der Waals surface area contributed by atoms with E-state index in [1.807, 2.05) is 43.3 Å². The minimum absolute atomic E-state index is 0.0286. The summed E-state index contributed by atoms with van der Waals surface area (Å²) in [4.78, 5) is 30.3. The molecule has 10 nitrogen and oxygen atoms in total. The Hall–Kier alpha value is -4.26. The van der Waals surface area contributed by atoms with E-state index in [1.54, 1.807) is 41.1 Å². The van der Waals surface area contributed by atoms with Crippen LogP contribution in [0.2, 0.25) is 18.6 Å². The van der Waals surface area contributed by atoms with Crippen LogP contribution in [0.1, 0.15) is 58.2 Å². The lowest BCUT2D eigenvalue weighted by Crippen LogP contribution is -2.45. The Morgan fingerprint density at radius 1 is 1.12 bits per heavy atom. The van der Waals surface area contributed by atoms with Gasteiger partial charge in [-0.15, -0.1) is 5.10 Å². The van der Waals surface area contributed by atoms with Crippen molar-refractivity contribution in [3.8, 4) is 5.69 Å². The van der Waals surface area contributed by atoms with Crippen molar-refractivity contribution in [3.63, 3.8) is 0 Å². The zero-order chi connectivity index (χ0) is 35.8. The molecule has 2 aliphatic rings. The van der Waals surface area contributed by atoms with Gasteiger partial charge in [-0.25, -0.2) is 0 Å². The summed E-state index contributed by atoms with van der Waals surface area (Å²) in [6.45, 7) is 12.3. The molecule has 1 N–H and O–H groups in total. The molecule has 50 heavy (non-hydrogen) atoms. The molecule has 264 valence electrons. The summed E-state index contributed by atoms with van der Waals surface area (Å²) in [5, 5.41) is 23.4. The number of aryl methyl sites for hydroxylation is 1. The number of fused-ring (bicyclic) bond motifs is 3. The Morgan fingerprint density at radius 3 is 2.64 bits per heavy atom. The number of aliphatic hydroxyl groups excluding tert-OH is 1. The number of benzene rings is 2. The summed E-state index contributed by atoms with van der Waals surface area (Å²) in [5.74, 6) is -0.712. The van der Waals surface area contributed by atoms with Gasteiger partial charge >= 0.3 is 0 Å². The van der Waals surface area contributed by atoms with Gasteiger partial charge in [0.1, 0.15) is 0 Å². The van der Waals surface area contributed by atoms with Crippen molar-refractivity contribution < 1.29 is 18.7 Å². The number of amides is 1. The highest BCUT2D eigenvalue weighted by molar-refractivity contribution is 6.72. The topological polar surface area (TPSA) is 115 Å². The van der Waals surface area contributed by atoms with Crippen LogP contribution in [-0.4, -0.2) is 63.5 Å². The number of halogens is 1. The molecule has 1 saturated heterocycles. The molecule has 6 rings (SSSR count). The maximum absolute atomic E-state index is 16.4. The van der Waals surface area contributed by atoms with Crippen LogP contribution < -0.4 is 10.5 Å². The van der Waals surface area contributed by atoms with Gasteiger partial charge in [0.05, 0.1) is 34.8 Å². The molecule has 0 bridgehead atoms. The first-order valence-corrected chi connectivity index (χ1v) is 20.4. The monoisotopic (exact) mass is 698 g/mol. The average molecular weight is 699 g/mol. The van der Waals surface area contributed by atoms with Crippen LogP contribution in [0, 0.1) is 5.92 Å². The van der Waals surface area contributed by atoms with E-state index in [0.717, 1.165) is 18.2 Å². The Bertz CT molecular complexity index is 2010. The molecule has 1 fully saturated rings. The van der Waals surface area contributed by atoms with Crippen molar-refractivity contribution in [2.75, 3.05) is 18.1 Å². The van der Waals surface area contributed by atoms with E-state index < -0.39 is 31.6 Å². The van der Waals surface area contributed by atoms with Gasteiger partial charge in [0.25, 0.3) is 11.5 Å². The van der Waals surface area contributed by atoms with Crippen LogP contribution in [0.4, 0.5) is 9.80 Å². The smallest absolute Gasteiger partial charge is 0.279 e. The number of ether oxygens (including phenoxy) is 1. The molecule has 2 aromatic heterocycles. The number of carbonyl (C=O) groups is 1. The Labute approximate surface area is 293 Å². The van der Waals surface area contributed by atoms with E-state index in [-0.39, 0.29) is 18.1 Å². The number of nitrogens with zero attached hydrogens (tertiary/aromatic N) is 6. The van der Waals surface area contributed by atoms with Gasteiger partial charge in [-0.05, 0) is 77.4 Å². The van der Waals surface area contributed by atoms with Gasteiger partial charge in [-0.3, -0.25) is 14.3 Å². The van der Waals surface area contributed by atoms with Crippen LogP contribution in [0.25, 0.3) is 16.5 Å². The SMILES string of the molecule is CC(C)=CCC/C(C)=C/CN1C(=O)[C@@]2(O[C@@H](CCn3cc(CCO)nn3)[C@H]([Si](C)(C)F)[C@H]2C)c2cc(-n3ncc4ccccc4c3=O)ccc21. The summed E-state index contributed by atoms with van der Waals surface area (Å²) in [6, 6.07) is 12.8. The molecule has 0 saturated carbocycles. The van der Waals surface area contributed by atoms with Gasteiger partial charge in [0.15, 0.2) is 5.60 Å². The number of carbonyl (C=O) groups excluding carboxylic acids is 1. The number of hydrogen-bond donors (Lipinski definition) is 1. The highest BCUT2D eigenvalue weighted by Crippen LogP contribution is 2.60. The summed E-state index contributed by atoms with van der Waals surface area (Å²) in [6.07, 6.45) is 9.79. The highest BCUT2D eigenvalue weighted by Gasteiger charge is 2.66. The first kappa shape index (κ1) is 35.6. The minimum Gasteiger partial charge on any atom is -0.396 e. The fourth-order valence-electron chi connectivity index (χ4n) is 7.77. The van der Waals surface area contributed by atoms with Crippen molar-refractivity contribution in [2.24, 2.45) is 5.92 Å². The van der Waals surface area contributed by atoms with Gasteiger partial charge in [-0.2, -0.15) is 9.78 Å². The molecule has 4 heterocycles. The van der Waals surface area contributed by atoms with Crippen LogP contribution in [0.15, 0.2) is 83.0 Å². The van der Waals surface area contributed by atoms with Crippen molar-refractivity contribution in [1.82, 2.24) is 24.8 Å². The van der Waals surface area contributed by atoms with E-state index in [1.165, 1.54) is 15.8 Å². The molecule has 2 aromatic carbocycles. The predicted octanol–water partition coefficient (Wildman–Crippen LogP) is 6.42. The molecule has 0 aliphatic carbocycles. The van der Waals surface area contributed by atoms with Crippen molar-refractivity contribution in [2.45, 2.75) is 90.3 Å². The van der Waals surface area contributed by atoms with Crippen molar-refractivity contribution in [1.29, 1.82) is 0 Å². The number of allylic oxidation sites excluding steroid dienone is 3. The number of anilines is 1. The fourth-order valence-corrected chi connectivity index (χ4v) is 10.3. The van der Waals surface area contributed by atoms with E-state index >= 15 is 4.11 Å². The van der Waals surface area contributed by atoms with Crippen LogP contribution in [-0.2, 0) is 28.1 Å². The molecular weight excluding hydrogens is 652 g/mol. The van der Waals surface area contributed by atoms with Gasteiger partial charge in [0.2, 0.25) is 8.41 Å². The molecule has 1 spiro atoms.